The number of carboxylic acids is 1. The lowest BCUT2D eigenvalue weighted by Crippen LogP contribution is -2.57. The second-order valence-electron chi connectivity index (χ2n) is 5.52. The van der Waals surface area contributed by atoms with Crippen LogP contribution in [0.5, 0.6) is 0 Å². The number of carboxylic acid groups (broad SMARTS) is 1. The largest absolute Gasteiger partial charge is 0.481 e. The number of nitrogens with two attached hydrogens (primary N) is 1. The van der Waals surface area contributed by atoms with Crippen molar-refractivity contribution >= 4 is 11.9 Å². The fourth-order valence-electron chi connectivity index (χ4n) is 3.70. The Hall–Kier alpha value is -1.36. The summed E-state index contributed by atoms with van der Waals surface area (Å²) < 4.78 is 0. The Morgan fingerprint density at radius 3 is 2.71 bits per heavy atom. The molecule has 2 aliphatic carbocycles. The van der Waals surface area contributed by atoms with Gasteiger partial charge >= 0.3 is 5.97 Å². The first kappa shape index (κ1) is 10.8. The monoisotopic (exact) mass is 236 g/mol. The average molecular weight is 236 g/mol. The van der Waals surface area contributed by atoms with Crippen molar-refractivity contribution < 1.29 is 14.7 Å². The van der Waals surface area contributed by atoms with Crippen LogP contribution >= 0.6 is 0 Å². The second kappa shape index (κ2) is 3.10. The SMILES string of the molecule is NC1CCC(C(=O)O)(C23C=CC(C2)C(=O)N3)C1. The third-order valence-corrected chi connectivity index (χ3v) is 4.65. The Balaban J connectivity index is 2.04. The van der Waals surface area contributed by atoms with Crippen LogP contribution < -0.4 is 11.1 Å². The maximum Gasteiger partial charge on any atom is 0.312 e. The standard InChI is InChI=1S/C12H16N2O3/c13-8-2-3-11(6-8,10(16)17)12-4-1-7(5-12)9(15)14-12/h1,4,7-8H,2-3,5-6,13H2,(H,14,15)(H,16,17). The first-order valence-electron chi connectivity index (χ1n) is 5.99. The van der Waals surface area contributed by atoms with Crippen molar-refractivity contribution in [1.29, 1.82) is 0 Å². The van der Waals surface area contributed by atoms with Crippen LogP contribution in [0, 0.1) is 11.3 Å². The molecule has 5 nitrogen and oxygen atoms in total. The first-order chi connectivity index (χ1) is 7.99. The predicted molar refractivity (Wildman–Crippen MR) is 60.0 cm³/mol. The number of carbonyl (C=O) groups is 2. The molecule has 2 fully saturated rings. The van der Waals surface area contributed by atoms with Crippen molar-refractivity contribution in [2.24, 2.45) is 17.1 Å². The van der Waals surface area contributed by atoms with Gasteiger partial charge in [-0.2, -0.15) is 0 Å². The summed E-state index contributed by atoms with van der Waals surface area (Å²) in [6.45, 7) is 0. The van der Waals surface area contributed by atoms with E-state index in [-0.39, 0.29) is 17.9 Å². The van der Waals surface area contributed by atoms with Crippen LogP contribution in [0.2, 0.25) is 0 Å². The molecule has 1 saturated heterocycles. The summed E-state index contributed by atoms with van der Waals surface area (Å²) in [5.41, 5.74) is 4.26. The van der Waals surface area contributed by atoms with Crippen molar-refractivity contribution in [3.63, 3.8) is 0 Å². The maximum absolute atomic E-state index is 11.7. The number of fused-ring (bicyclic) bond motifs is 2. The lowest BCUT2D eigenvalue weighted by atomic mass is 9.68. The molecule has 4 N–H and O–H groups in total. The first-order valence-corrected chi connectivity index (χ1v) is 5.99. The number of hydrogen-bond acceptors (Lipinski definition) is 3. The maximum atomic E-state index is 11.7. The molecule has 0 spiro atoms. The quantitative estimate of drug-likeness (QED) is 0.589. The van der Waals surface area contributed by atoms with E-state index in [1.165, 1.54) is 0 Å². The normalized spacial score (nSPS) is 47.5. The van der Waals surface area contributed by atoms with Crippen LogP contribution in [0.25, 0.3) is 0 Å². The molecular formula is C12H16N2O3. The molecule has 1 saturated carbocycles. The number of hydrogen-bond donors (Lipinski definition) is 3. The molecule has 3 aliphatic rings. The lowest BCUT2D eigenvalue weighted by Gasteiger charge is -2.40. The summed E-state index contributed by atoms with van der Waals surface area (Å²) >= 11 is 0. The molecule has 4 unspecified atom stereocenters. The molecule has 3 rings (SSSR count). The van der Waals surface area contributed by atoms with Gasteiger partial charge < -0.3 is 16.2 Å². The van der Waals surface area contributed by atoms with Crippen molar-refractivity contribution in [1.82, 2.24) is 5.32 Å². The molecule has 1 heterocycles. The molecule has 0 aromatic rings. The number of rotatable bonds is 2. The average Bonchev–Trinajstić information content (AvgIpc) is 2.90. The molecule has 0 aromatic heterocycles. The van der Waals surface area contributed by atoms with E-state index in [1.54, 1.807) is 0 Å². The zero-order chi connectivity index (χ0) is 12.3. The van der Waals surface area contributed by atoms with Crippen LogP contribution in [-0.2, 0) is 9.59 Å². The van der Waals surface area contributed by atoms with Crippen LogP contribution in [0.4, 0.5) is 0 Å². The Labute approximate surface area is 99.1 Å². The molecule has 1 amide bonds. The summed E-state index contributed by atoms with van der Waals surface area (Å²) in [5, 5.41) is 12.5. The van der Waals surface area contributed by atoms with Gasteiger partial charge in [0.25, 0.3) is 0 Å². The highest BCUT2D eigenvalue weighted by atomic mass is 16.4. The molecule has 1 aliphatic heterocycles. The van der Waals surface area contributed by atoms with E-state index in [4.69, 9.17) is 5.73 Å². The fraction of sp³-hybridized carbons (Fsp3) is 0.667. The van der Waals surface area contributed by atoms with Gasteiger partial charge in [0, 0.05) is 6.04 Å². The Bertz CT molecular complexity index is 433. The number of nitrogens with one attached hydrogen (secondary N) is 1. The molecule has 2 bridgehead atoms. The van der Waals surface area contributed by atoms with E-state index in [1.807, 2.05) is 12.2 Å². The van der Waals surface area contributed by atoms with Crippen molar-refractivity contribution in [3.8, 4) is 0 Å². The molecular weight excluding hydrogens is 220 g/mol. The van der Waals surface area contributed by atoms with E-state index in [2.05, 4.69) is 5.32 Å². The van der Waals surface area contributed by atoms with Crippen LogP contribution in [0.15, 0.2) is 12.2 Å². The van der Waals surface area contributed by atoms with Crippen molar-refractivity contribution in [2.75, 3.05) is 0 Å². The Morgan fingerprint density at radius 1 is 1.53 bits per heavy atom. The van der Waals surface area contributed by atoms with E-state index in [0.29, 0.717) is 25.7 Å². The molecule has 17 heavy (non-hydrogen) atoms. The van der Waals surface area contributed by atoms with E-state index >= 15 is 0 Å². The van der Waals surface area contributed by atoms with Crippen LogP contribution in [0.1, 0.15) is 25.7 Å². The summed E-state index contributed by atoms with van der Waals surface area (Å²) in [6.07, 6.45) is 5.99. The minimum atomic E-state index is -0.913. The summed E-state index contributed by atoms with van der Waals surface area (Å²) in [7, 11) is 0. The van der Waals surface area contributed by atoms with Gasteiger partial charge in [0.05, 0.1) is 16.9 Å². The summed E-state index contributed by atoms with van der Waals surface area (Å²) in [6, 6.07) is -0.0783. The van der Waals surface area contributed by atoms with Gasteiger partial charge in [0.2, 0.25) is 5.91 Å². The molecule has 0 radical (unpaired) electrons. The minimum absolute atomic E-state index is 0.0476. The zero-order valence-electron chi connectivity index (χ0n) is 9.48. The van der Waals surface area contributed by atoms with Gasteiger partial charge in [0.1, 0.15) is 0 Å². The highest BCUT2D eigenvalue weighted by Crippen LogP contribution is 2.54. The van der Waals surface area contributed by atoms with E-state index in [0.717, 1.165) is 0 Å². The van der Waals surface area contributed by atoms with Gasteiger partial charge in [-0.25, -0.2) is 0 Å². The molecule has 4 atom stereocenters. The van der Waals surface area contributed by atoms with E-state index in [9.17, 15) is 14.7 Å². The smallest absolute Gasteiger partial charge is 0.312 e. The second-order valence-corrected chi connectivity index (χ2v) is 5.52. The number of aliphatic carboxylic acids is 1. The van der Waals surface area contributed by atoms with Gasteiger partial charge in [-0.15, -0.1) is 0 Å². The third kappa shape index (κ3) is 1.17. The van der Waals surface area contributed by atoms with Gasteiger partial charge in [0.15, 0.2) is 0 Å². The zero-order valence-corrected chi connectivity index (χ0v) is 9.48. The fourth-order valence-corrected chi connectivity index (χ4v) is 3.70. The van der Waals surface area contributed by atoms with Gasteiger partial charge in [-0.05, 0) is 25.7 Å². The topological polar surface area (TPSA) is 92.4 Å². The lowest BCUT2D eigenvalue weighted by molar-refractivity contribution is -0.152. The van der Waals surface area contributed by atoms with Gasteiger partial charge in [-0.1, -0.05) is 12.2 Å². The minimum Gasteiger partial charge on any atom is -0.481 e. The molecule has 5 heteroatoms. The number of carbonyl (C=O) groups excluding carboxylic acids is 1. The molecule has 0 aromatic carbocycles. The summed E-state index contributed by atoms with van der Waals surface area (Å²) in [5.74, 6) is -1.03. The Morgan fingerprint density at radius 2 is 2.29 bits per heavy atom. The molecule has 92 valence electrons. The highest BCUT2D eigenvalue weighted by molar-refractivity contribution is 5.90. The van der Waals surface area contributed by atoms with Crippen LogP contribution in [0.3, 0.4) is 0 Å². The Kier molecular flexibility index (Phi) is 1.96. The van der Waals surface area contributed by atoms with Crippen molar-refractivity contribution in [3.05, 3.63) is 12.2 Å². The van der Waals surface area contributed by atoms with Crippen molar-refractivity contribution in [2.45, 2.75) is 37.3 Å². The summed E-state index contributed by atoms with van der Waals surface area (Å²) in [4.78, 5) is 23.4. The van der Waals surface area contributed by atoms with Gasteiger partial charge in [-0.3, -0.25) is 9.59 Å². The van der Waals surface area contributed by atoms with E-state index < -0.39 is 16.9 Å². The number of amides is 1. The predicted octanol–water partition coefficient (Wildman–Crippen LogP) is 0.0133. The highest BCUT2D eigenvalue weighted by Gasteiger charge is 2.64. The van der Waals surface area contributed by atoms with Crippen LogP contribution in [-0.4, -0.2) is 28.6 Å². The third-order valence-electron chi connectivity index (χ3n) is 4.65.